The summed E-state index contributed by atoms with van der Waals surface area (Å²) in [7, 11) is 1.59. The molecule has 0 aliphatic heterocycles. The van der Waals surface area contributed by atoms with E-state index in [0.717, 1.165) is 35.1 Å². The molecule has 0 bridgehead atoms. The summed E-state index contributed by atoms with van der Waals surface area (Å²) < 4.78 is 31.9. The van der Waals surface area contributed by atoms with Crippen LogP contribution >= 0.6 is 0 Å². The number of aromatic nitrogens is 4. The van der Waals surface area contributed by atoms with Crippen LogP contribution in [0.1, 0.15) is 0 Å². The van der Waals surface area contributed by atoms with Gasteiger partial charge in [-0.25, -0.2) is 13.6 Å². The Labute approximate surface area is 175 Å². The maximum Gasteiger partial charge on any atom is 0.323 e. The fraction of sp³-hybridized carbons (Fsp3) is 0.0476. The Kier molecular flexibility index (Phi) is 5.52. The van der Waals surface area contributed by atoms with Crippen molar-refractivity contribution in [3.63, 3.8) is 0 Å². The number of tetrazole rings is 1. The molecule has 4 aromatic rings. The first-order valence-electron chi connectivity index (χ1n) is 9.08. The summed E-state index contributed by atoms with van der Waals surface area (Å²) in [5, 5.41) is 19.0. The Morgan fingerprint density at radius 3 is 2.29 bits per heavy atom. The summed E-state index contributed by atoms with van der Waals surface area (Å²) in [4.78, 5) is 12.4. The zero-order chi connectivity index (χ0) is 21.8. The van der Waals surface area contributed by atoms with Crippen molar-refractivity contribution in [2.45, 2.75) is 0 Å². The fourth-order valence-electron chi connectivity index (χ4n) is 2.99. The van der Waals surface area contributed by atoms with Crippen molar-refractivity contribution in [2.75, 3.05) is 17.7 Å². The van der Waals surface area contributed by atoms with Gasteiger partial charge in [0.15, 0.2) is 0 Å². The molecule has 4 rings (SSSR count). The summed E-state index contributed by atoms with van der Waals surface area (Å²) in [6.07, 6.45) is 0. The summed E-state index contributed by atoms with van der Waals surface area (Å²) >= 11 is 0. The Morgan fingerprint density at radius 2 is 1.65 bits per heavy atom. The molecule has 0 spiro atoms. The molecule has 2 amide bonds. The van der Waals surface area contributed by atoms with Gasteiger partial charge in [0.25, 0.3) is 0 Å². The highest BCUT2D eigenvalue weighted by atomic mass is 19.1. The molecule has 8 nitrogen and oxygen atoms in total. The van der Waals surface area contributed by atoms with E-state index in [2.05, 4.69) is 31.3 Å². The van der Waals surface area contributed by atoms with Crippen LogP contribution in [-0.2, 0) is 0 Å². The van der Waals surface area contributed by atoms with E-state index in [-0.39, 0.29) is 11.5 Å². The van der Waals surface area contributed by atoms with Crippen molar-refractivity contribution in [1.82, 2.24) is 20.6 Å². The van der Waals surface area contributed by atoms with Crippen LogP contribution in [0, 0.1) is 11.6 Å². The van der Waals surface area contributed by atoms with Crippen LogP contribution < -0.4 is 15.4 Å². The van der Waals surface area contributed by atoms with Crippen molar-refractivity contribution >= 4 is 17.4 Å². The van der Waals surface area contributed by atoms with Crippen LogP contribution in [0.5, 0.6) is 5.75 Å². The lowest BCUT2D eigenvalue weighted by Crippen LogP contribution is -2.20. The molecule has 0 aliphatic rings. The van der Waals surface area contributed by atoms with Gasteiger partial charge in [0.2, 0.25) is 5.82 Å². The largest absolute Gasteiger partial charge is 0.497 e. The van der Waals surface area contributed by atoms with Gasteiger partial charge in [-0.05, 0) is 52.7 Å². The number of hydrogen-bond donors (Lipinski definition) is 3. The van der Waals surface area contributed by atoms with E-state index < -0.39 is 17.7 Å². The highest BCUT2D eigenvalue weighted by Crippen LogP contribution is 2.31. The van der Waals surface area contributed by atoms with Crippen molar-refractivity contribution < 1.29 is 18.3 Å². The number of aromatic amines is 1. The average molecular weight is 422 g/mol. The van der Waals surface area contributed by atoms with E-state index in [4.69, 9.17) is 4.74 Å². The molecule has 0 atom stereocenters. The topological polar surface area (TPSA) is 105 Å². The van der Waals surface area contributed by atoms with E-state index in [0.29, 0.717) is 11.3 Å². The maximum absolute atomic E-state index is 13.4. The monoisotopic (exact) mass is 422 g/mol. The predicted octanol–water partition coefficient (Wildman–Crippen LogP) is 4.46. The third kappa shape index (κ3) is 4.64. The number of nitrogens with zero attached hydrogens (tertiary/aromatic N) is 3. The number of carbonyl (C=O) groups is 1. The second-order valence-corrected chi connectivity index (χ2v) is 6.46. The van der Waals surface area contributed by atoms with Crippen LogP contribution in [0.2, 0.25) is 0 Å². The van der Waals surface area contributed by atoms with Crippen LogP contribution in [0.15, 0.2) is 60.7 Å². The quantitative estimate of drug-likeness (QED) is 0.440. The Bertz CT molecular complexity index is 1190. The van der Waals surface area contributed by atoms with Crippen molar-refractivity contribution in [2.24, 2.45) is 0 Å². The second kappa shape index (κ2) is 8.57. The van der Waals surface area contributed by atoms with E-state index in [9.17, 15) is 13.6 Å². The minimum Gasteiger partial charge on any atom is -0.497 e. The number of urea groups is 1. The first-order valence-corrected chi connectivity index (χ1v) is 9.08. The molecule has 0 fully saturated rings. The van der Waals surface area contributed by atoms with Gasteiger partial charge in [0.05, 0.1) is 12.8 Å². The SMILES string of the molecule is COc1ccc(-c2ccc(NC(=O)Nc3cc(F)cc(F)c3)c(-c3nn[nH]n3)c2)cc1. The molecule has 0 aliphatic carbocycles. The number of carbonyl (C=O) groups excluding carboxylic acids is 1. The second-order valence-electron chi connectivity index (χ2n) is 6.46. The van der Waals surface area contributed by atoms with Gasteiger partial charge in [0.1, 0.15) is 17.4 Å². The number of anilines is 2. The van der Waals surface area contributed by atoms with Gasteiger partial charge < -0.3 is 15.4 Å². The van der Waals surface area contributed by atoms with Crippen LogP contribution in [0.4, 0.5) is 25.0 Å². The molecule has 1 heterocycles. The molecule has 0 saturated heterocycles. The lowest BCUT2D eigenvalue weighted by atomic mass is 10.0. The molecule has 0 radical (unpaired) electrons. The number of hydrogen-bond acceptors (Lipinski definition) is 5. The number of H-pyrrole nitrogens is 1. The predicted molar refractivity (Wildman–Crippen MR) is 111 cm³/mol. The van der Waals surface area contributed by atoms with E-state index >= 15 is 0 Å². The molecule has 3 aromatic carbocycles. The van der Waals surface area contributed by atoms with Crippen LogP contribution in [0.25, 0.3) is 22.5 Å². The molecule has 31 heavy (non-hydrogen) atoms. The summed E-state index contributed by atoms with van der Waals surface area (Å²) in [6, 6.07) is 14.8. The van der Waals surface area contributed by atoms with Gasteiger partial charge in [-0.3, -0.25) is 0 Å². The number of nitrogens with one attached hydrogen (secondary N) is 3. The van der Waals surface area contributed by atoms with E-state index in [1.54, 1.807) is 19.2 Å². The highest BCUT2D eigenvalue weighted by Gasteiger charge is 2.14. The summed E-state index contributed by atoms with van der Waals surface area (Å²) in [5.74, 6) is -0.605. The van der Waals surface area contributed by atoms with Crippen molar-refractivity contribution in [3.8, 4) is 28.3 Å². The molecule has 1 aromatic heterocycles. The summed E-state index contributed by atoms with van der Waals surface area (Å²) in [5.41, 5.74) is 2.62. The molecular weight excluding hydrogens is 406 g/mol. The number of amides is 2. The van der Waals surface area contributed by atoms with E-state index in [1.165, 1.54) is 0 Å². The first-order chi connectivity index (χ1) is 15.0. The molecular formula is C21H16F2N6O2. The maximum atomic E-state index is 13.4. The Balaban J connectivity index is 1.62. The third-order valence-electron chi connectivity index (χ3n) is 4.40. The highest BCUT2D eigenvalue weighted by molar-refractivity contribution is 6.02. The van der Waals surface area contributed by atoms with Crippen molar-refractivity contribution in [1.29, 1.82) is 0 Å². The lowest BCUT2D eigenvalue weighted by Gasteiger charge is -2.12. The van der Waals surface area contributed by atoms with Gasteiger partial charge >= 0.3 is 6.03 Å². The zero-order valence-corrected chi connectivity index (χ0v) is 16.2. The molecule has 10 heteroatoms. The normalized spacial score (nSPS) is 10.5. The number of ether oxygens (including phenoxy) is 1. The van der Waals surface area contributed by atoms with Crippen molar-refractivity contribution in [3.05, 3.63) is 72.3 Å². The Morgan fingerprint density at radius 1 is 0.935 bits per heavy atom. The van der Waals surface area contributed by atoms with Gasteiger partial charge in [0, 0.05) is 17.3 Å². The van der Waals surface area contributed by atoms with Gasteiger partial charge in [-0.15, -0.1) is 10.2 Å². The average Bonchev–Trinajstić information content (AvgIpc) is 3.28. The Hall–Kier alpha value is -4.34. The minimum atomic E-state index is -0.799. The van der Waals surface area contributed by atoms with Crippen LogP contribution in [-0.4, -0.2) is 33.8 Å². The number of benzene rings is 3. The van der Waals surface area contributed by atoms with E-state index in [1.807, 2.05) is 30.3 Å². The number of halogens is 2. The third-order valence-corrected chi connectivity index (χ3v) is 4.40. The first kappa shape index (κ1) is 20.0. The standard InChI is InChI=1S/C21H16F2N6O2/c1-31-17-5-2-12(3-6-17)13-4-7-19(18(8-13)20-26-28-29-27-20)25-21(30)24-16-10-14(22)9-15(23)11-16/h2-11H,1H3,(H2,24,25,30)(H,26,27,28,29). The zero-order valence-electron chi connectivity index (χ0n) is 16.2. The van der Waals surface area contributed by atoms with Crippen LogP contribution in [0.3, 0.4) is 0 Å². The number of rotatable bonds is 5. The lowest BCUT2D eigenvalue weighted by molar-refractivity contribution is 0.262. The van der Waals surface area contributed by atoms with Gasteiger partial charge in [-0.2, -0.15) is 5.21 Å². The molecule has 156 valence electrons. The minimum absolute atomic E-state index is 0.0223. The number of methoxy groups -OCH3 is 1. The van der Waals surface area contributed by atoms with Gasteiger partial charge in [-0.1, -0.05) is 18.2 Å². The molecule has 3 N–H and O–H groups in total. The molecule has 0 saturated carbocycles. The smallest absolute Gasteiger partial charge is 0.323 e. The fourth-order valence-corrected chi connectivity index (χ4v) is 2.99. The summed E-state index contributed by atoms with van der Waals surface area (Å²) in [6.45, 7) is 0. The molecule has 0 unspecified atom stereocenters.